The standard InChI is InChI=1S/C18H23Se.C2H6/c1-4-9-16(3)19(17-11-6-5-7-12-17)18-13-8-10-15(2)14-18;1-2/h4-9,11-16H,10H2,1-3H3;1-2H3/b9-4-;. The van der Waals surface area contributed by atoms with Gasteiger partial charge in [0.05, 0.1) is 0 Å². The van der Waals surface area contributed by atoms with E-state index < -0.39 is 13.9 Å². The van der Waals surface area contributed by atoms with Gasteiger partial charge in [-0.05, 0) is 0 Å². The molecule has 0 saturated carbocycles. The van der Waals surface area contributed by atoms with Crippen molar-refractivity contribution in [2.24, 2.45) is 5.92 Å². The normalized spacial score (nSPS) is 19.1. The Labute approximate surface area is 135 Å². The monoisotopic (exact) mass is 349 g/mol. The molecule has 1 aliphatic rings. The quantitative estimate of drug-likeness (QED) is 0.502. The van der Waals surface area contributed by atoms with Crippen LogP contribution in [0.4, 0.5) is 0 Å². The van der Waals surface area contributed by atoms with Crippen molar-refractivity contribution in [2.45, 2.75) is 45.9 Å². The molecule has 2 atom stereocenters. The van der Waals surface area contributed by atoms with E-state index in [9.17, 15) is 0 Å². The summed E-state index contributed by atoms with van der Waals surface area (Å²) in [6.07, 6.45) is 13.0. The third-order valence-electron chi connectivity index (χ3n) is 3.33. The third kappa shape index (κ3) is 5.34. The summed E-state index contributed by atoms with van der Waals surface area (Å²) in [5.74, 6) is 0.688. The molecule has 1 aromatic rings. The third-order valence-corrected chi connectivity index (χ3v) is 8.49. The van der Waals surface area contributed by atoms with Crippen LogP contribution in [0.25, 0.3) is 0 Å². The summed E-state index contributed by atoms with van der Waals surface area (Å²) in [6.45, 7) is 10.8. The molecule has 2 rings (SSSR count). The summed E-state index contributed by atoms with van der Waals surface area (Å²) in [5, 5.41) is 0. The molecule has 1 radical (unpaired) electrons. The van der Waals surface area contributed by atoms with Crippen molar-refractivity contribution in [3.8, 4) is 0 Å². The van der Waals surface area contributed by atoms with Crippen molar-refractivity contribution in [3.05, 3.63) is 65.2 Å². The van der Waals surface area contributed by atoms with E-state index in [1.807, 2.05) is 13.8 Å². The van der Waals surface area contributed by atoms with Gasteiger partial charge in [0.1, 0.15) is 0 Å². The summed E-state index contributed by atoms with van der Waals surface area (Å²) in [6, 6.07) is 11.1. The summed E-state index contributed by atoms with van der Waals surface area (Å²) in [4.78, 5) is 0.647. The molecule has 2 unspecified atom stereocenters. The number of allylic oxidation sites excluding steroid dienone is 6. The molecular weight excluding hydrogens is 319 g/mol. The summed E-state index contributed by atoms with van der Waals surface area (Å²) in [7, 11) is 0. The largest absolute Gasteiger partial charge is 0.0683 e. The molecule has 0 saturated heterocycles. The van der Waals surface area contributed by atoms with Gasteiger partial charge in [-0.25, -0.2) is 0 Å². The summed E-state index contributed by atoms with van der Waals surface area (Å²) < 4.78 is 3.13. The van der Waals surface area contributed by atoms with Crippen LogP contribution in [0.3, 0.4) is 0 Å². The number of hydrogen-bond donors (Lipinski definition) is 0. The van der Waals surface area contributed by atoms with Crippen molar-refractivity contribution >= 4 is 18.4 Å². The molecular formula is C20H29Se. The molecule has 0 aromatic heterocycles. The van der Waals surface area contributed by atoms with Crippen molar-refractivity contribution in [1.29, 1.82) is 0 Å². The number of rotatable bonds is 4. The molecule has 0 spiro atoms. The van der Waals surface area contributed by atoms with Gasteiger partial charge >= 0.3 is 121 Å². The molecule has 1 heteroatoms. The zero-order valence-corrected chi connectivity index (χ0v) is 15.8. The predicted octanol–water partition coefficient (Wildman–Crippen LogP) is 5.44. The first-order chi connectivity index (χ1) is 10.2. The van der Waals surface area contributed by atoms with Crippen LogP contribution in [0.5, 0.6) is 0 Å². The minimum Gasteiger partial charge on any atom is -0.0683 e. The number of benzene rings is 1. The van der Waals surface area contributed by atoms with Gasteiger partial charge in [-0.3, -0.25) is 0 Å². The molecule has 115 valence electrons. The SMILES string of the molecule is C/C=C\C(C)[Se](C1=CC(C)CC=C1)c1ccccc1.CC. The second-order valence-corrected chi connectivity index (χ2v) is 10.0. The van der Waals surface area contributed by atoms with Crippen LogP contribution in [0.15, 0.2) is 65.2 Å². The van der Waals surface area contributed by atoms with Crippen LogP contribution in [-0.4, -0.2) is 13.9 Å². The van der Waals surface area contributed by atoms with Crippen molar-refractivity contribution in [3.63, 3.8) is 0 Å². The molecule has 0 N–H and O–H groups in total. The van der Waals surface area contributed by atoms with Crippen LogP contribution >= 0.6 is 0 Å². The maximum absolute atomic E-state index is 2.50. The Morgan fingerprint density at radius 3 is 2.43 bits per heavy atom. The topological polar surface area (TPSA) is 0 Å². The zero-order chi connectivity index (χ0) is 15.7. The summed E-state index contributed by atoms with van der Waals surface area (Å²) >= 11 is -0.976. The summed E-state index contributed by atoms with van der Waals surface area (Å²) in [5.41, 5.74) is 0. The van der Waals surface area contributed by atoms with E-state index in [1.165, 1.54) is 10.9 Å². The van der Waals surface area contributed by atoms with E-state index in [2.05, 4.69) is 81.5 Å². The Morgan fingerprint density at radius 2 is 1.86 bits per heavy atom. The molecule has 1 aromatic carbocycles. The van der Waals surface area contributed by atoms with Gasteiger partial charge in [0.15, 0.2) is 0 Å². The van der Waals surface area contributed by atoms with Gasteiger partial charge in [-0.2, -0.15) is 0 Å². The van der Waals surface area contributed by atoms with Gasteiger partial charge in [0.2, 0.25) is 0 Å². The Morgan fingerprint density at radius 1 is 1.19 bits per heavy atom. The molecule has 0 bridgehead atoms. The van der Waals surface area contributed by atoms with Gasteiger partial charge in [-0.1, -0.05) is 13.8 Å². The molecule has 0 heterocycles. The zero-order valence-electron chi connectivity index (χ0n) is 14.0. The van der Waals surface area contributed by atoms with E-state index in [0.29, 0.717) is 10.7 Å². The van der Waals surface area contributed by atoms with Crippen molar-refractivity contribution in [1.82, 2.24) is 0 Å². The van der Waals surface area contributed by atoms with E-state index in [1.54, 1.807) is 4.47 Å². The fraction of sp³-hybridized carbons (Fsp3) is 0.400. The van der Waals surface area contributed by atoms with Gasteiger partial charge in [-0.15, -0.1) is 0 Å². The van der Waals surface area contributed by atoms with Crippen LogP contribution in [0.1, 0.15) is 41.0 Å². The van der Waals surface area contributed by atoms with Crippen molar-refractivity contribution in [2.75, 3.05) is 0 Å². The Bertz CT molecular complexity index is 482. The van der Waals surface area contributed by atoms with Crippen LogP contribution < -0.4 is 4.46 Å². The smallest absolute Gasteiger partial charge is 0.0683 e. The fourth-order valence-corrected chi connectivity index (χ4v) is 7.71. The van der Waals surface area contributed by atoms with Crippen LogP contribution in [-0.2, 0) is 0 Å². The first-order valence-electron chi connectivity index (χ1n) is 8.01. The van der Waals surface area contributed by atoms with Crippen LogP contribution in [0, 0.1) is 5.92 Å². The molecule has 0 nitrogen and oxygen atoms in total. The maximum atomic E-state index is 2.50. The Hall–Kier alpha value is -1.04. The predicted molar refractivity (Wildman–Crippen MR) is 98.4 cm³/mol. The second-order valence-electron chi connectivity index (χ2n) is 5.07. The number of hydrogen-bond acceptors (Lipinski definition) is 0. The van der Waals surface area contributed by atoms with Gasteiger partial charge in [0.25, 0.3) is 0 Å². The molecule has 0 aliphatic heterocycles. The molecule has 0 fully saturated rings. The Balaban J connectivity index is 0.00000106. The van der Waals surface area contributed by atoms with E-state index in [0.717, 1.165) is 0 Å². The van der Waals surface area contributed by atoms with Gasteiger partial charge in [0, 0.05) is 0 Å². The van der Waals surface area contributed by atoms with Crippen LogP contribution in [0.2, 0.25) is 4.82 Å². The first-order valence-corrected chi connectivity index (χ1v) is 10.7. The van der Waals surface area contributed by atoms with Gasteiger partial charge < -0.3 is 0 Å². The van der Waals surface area contributed by atoms with Crippen molar-refractivity contribution < 1.29 is 0 Å². The average Bonchev–Trinajstić information content (AvgIpc) is 2.51. The Kier molecular flexibility index (Phi) is 8.42. The average molecular weight is 348 g/mol. The van der Waals surface area contributed by atoms with E-state index in [4.69, 9.17) is 0 Å². The van der Waals surface area contributed by atoms with E-state index in [-0.39, 0.29) is 0 Å². The fourth-order valence-electron chi connectivity index (χ4n) is 2.43. The maximum Gasteiger partial charge on any atom is -0.0683 e. The minimum absolute atomic E-state index is 0.647. The van der Waals surface area contributed by atoms with E-state index >= 15 is 0 Å². The first kappa shape index (κ1) is 18.0. The molecule has 0 amide bonds. The molecule has 21 heavy (non-hydrogen) atoms. The minimum atomic E-state index is -0.976. The second kappa shape index (κ2) is 9.82. The molecule has 1 aliphatic carbocycles.